The fraction of sp³-hybridized carbons (Fsp3) is 0.526. The quantitative estimate of drug-likeness (QED) is 0.794. The number of amides is 1. The molecule has 0 radical (unpaired) electrons. The molecule has 1 aromatic carbocycles. The van der Waals surface area contributed by atoms with E-state index < -0.39 is 0 Å². The van der Waals surface area contributed by atoms with Gasteiger partial charge in [0, 0.05) is 13.1 Å². The minimum Gasteiger partial charge on any atom is -0.454 e. The van der Waals surface area contributed by atoms with Crippen LogP contribution in [0.4, 0.5) is 0 Å². The number of rotatable bonds is 5. The number of H-pyrrole nitrogens is 1. The van der Waals surface area contributed by atoms with Crippen molar-refractivity contribution in [1.82, 2.24) is 20.1 Å². The predicted octanol–water partition coefficient (Wildman–Crippen LogP) is 2.81. The third-order valence-corrected chi connectivity index (χ3v) is 5.94. The maximum absolute atomic E-state index is 12.7. The van der Waals surface area contributed by atoms with E-state index in [1.165, 1.54) is 17.3 Å². The molecule has 2 aliphatic rings. The van der Waals surface area contributed by atoms with Gasteiger partial charge in [-0.2, -0.15) is 0 Å². The first-order valence-electron chi connectivity index (χ1n) is 9.19. The highest BCUT2D eigenvalue weighted by Crippen LogP contribution is 2.37. The second-order valence-corrected chi connectivity index (χ2v) is 8.53. The lowest BCUT2D eigenvalue weighted by atomic mass is 9.77. The van der Waals surface area contributed by atoms with Crippen LogP contribution in [-0.2, 0) is 11.2 Å². The van der Waals surface area contributed by atoms with Crippen LogP contribution in [0.25, 0.3) is 0 Å². The number of nitrogens with zero attached hydrogens (tertiary/aromatic N) is 3. The molecule has 4 rings (SSSR count). The molecule has 7 nitrogen and oxygen atoms in total. The SMILES string of the molecule is Cc1nc(SCC(=O)N2CCCC(C)(Cc3ccc4c(c3)OCO4)C2)n[nH]1. The molecule has 1 N–H and O–H groups in total. The van der Waals surface area contributed by atoms with Crippen molar-refractivity contribution in [1.29, 1.82) is 0 Å². The van der Waals surface area contributed by atoms with Crippen LogP contribution in [0.2, 0.25) is 0 Å². The van der Waals surface area contributed by atoms with Gasteiger partial charge in [-0.15, -0.1) is 5.10 Å². The molecule has 1 fully saturated rings. The van der Waals surface area contributed by atoms with Crippen LogP contribution in [0.1, 0.15) is 31.2 Å². The smallest absolute Gasteiger partial charge is 0.233 e. The number of benzene rings is 1. The second-order valence-electron chi connectivity index (χ2n) is 7.59. The number of piperidine rings is 1. The zero-order chi connectivity index (χ0) is 18.9. The van der Waals surface area contributed by atoms with Gasteiger partial charge in [-0.05, 0) is 49.3 Å². The molecule has 1 aromatic heterocycles. The summed E-state index contributed by atoms with van der Waals surface area (Å²) >= 11 is 1.39. The van der Waals surface area contributed by atoms with Crippen molar-refractivity contribution in [2.24, 2.45) is 5.41 Å². The minimum absolute atomic E-state index is 0.0629. The van der Waals surface area contributed by atoms with Crippen LogP contribution in [0.5, 0.6) is 11.5 Å². The number of aromatic nitrogens is 3. The molecule has 0 bridgehead atoms. The summed E-state index contributed by atoms with van der Waals surface area (Å²) in [6.07, 6.45) is 3.05. The van der Waals surface area contributed by atoms with Gasteiger partial charge >= 0.3 is 0 Å². The summed E-state index contributed by atoms with van der Waals surface area (Å²) in [5, 5.41) is 7.51. The summed E-state index contributed by atoms with van der Waals surface area (Å²) in [7, 11) is 0. The van der Waals surface area contributed by atoms with E-state index in [0.29, 0.717) is 17.7 Å². The number of aromatic amines is 1. The Balaban J connectivity index is 1.36. The fourth-order valence-electron chi connectivity index (χ4n) is 3.82. The molecule has 1 amide bonds. The van der Waals surface area contributed by atoms with E-state index in [4.69, 9.17) is 9.47 Å². The number of fused-ring (bicyclic) bond motifs is 1. The Morgan fingerprint density at radius 3 is 3.04 bits per heavy atom. The van der Waals surface area contributed by atoms with Gasteiger partial charge in [0.25, 0.3) is 0 Å². The topological polar surface area (TPSA) is 80.3 Å². The Bertz CT molecular complexity index is 840. The zero-order valence-electron chi connectivity index (χ0n) is 15.7. The predicted molar refractivity (Wildman–Crippen MR) is 102 cm³/mol. The molecule has 0 saturated carbocycles. The fourth-order valence-corrected chi connectivity index (χ4v) is 4.57. The van der Waals surface area contributed by atoms with E-state index in [0.717, 1.165) is 49.7 Å². The van der Waals surface area contributed by atoms with Crippen molar-refractivity contribution in [2.75, 3.05) is 25.6 Å². The third kappa shape index (κ3) is 4.21. The summed E-state index contributed by atoms with van der Waals surface area (Å²) in [6.45, 7) is 6.01. The highest BCUT2D eigenvalue weighted by atomic mass is 32.2. The Hall–Kier alpha value is -2.22. The number of ether oxygens (including phenoxy) is 2. The van der Waals surface area contributed by atoms with Crippen molar-refractivity contribution in [3.8, 4) is 11.5 Å². The summed E-state index contributed by atoms with van der Waals surface area (Å²) < 4.78 is 10.9. The van der Waals surface area contributed by atoms with E-state index in [1.54, 1.807) is 0 Å². The molecule has 8 heteroatoms. The van der Waals surface area contributed by atoms with Crippen LogP contribution >= 0.6 is 11.8 Å². The molecule has 144 valence electrons. The average Bonchev–Trinajstić information content (AvgIpc) is 3.27. The van der Waals surface area contributed by atoms with Crippen LogP contribution in [-0.4, -0.2) is 51.6 Å². The Morgan fingerprint density at radius 1 is 1.37 bits per heavy atom. The number of carbonyl (C=O) groups is 1. The summed E-state index contributed by atoms with van der Waals surface area (Å²) in [5.41, 5.74) is 1.29. The number of likely N-dealkylation sites (tertiary alicyclic amines) is 1. The Labute approximate surface area is 162 Å². The van der Waals surface area contributed by atoms with E-state index in [2.05, 4.69) is 34.2 Å². The van der Waals surface area contributed by atoms with Gasteiger partial charge in [-0.25, -0.2) is 4.98 Å². The monoisotopic (exact) mass is 388 g/mol. The number of thioether (sulfide) groups is 1. The Kier molecular flexibility index (Phi) is 4.99. The lowest BCUT2D eigenvalue weighted by molar-refractivity contribution is -0.131. The van der Waals surface area contributed by atoms with Gasteiger partial charge in [0.15, 0.2) is 11.5 Å². The van der Waals surface area contributed by atoms with E-state index in [1.807, 2.05) is 17.9 Å². The van der Waals surface area contributed by atoms with Crippen LogP contribution in [0.3, 0.4) is 0 Å². The summed E-state index contributed by atoms with van der Waals surface area (Å²) in [4.78, 5) is 18.9. The highest BCUT2D eigenvalue weighted by Gasteiger charge is 2.33. The molecule has 2 aliphatic heterocycles. The van der Waals surface area contributed by atoms with Crippen LogP contribution in [0.15, 0.2) is 23.4 Å². The maximum Gasteiger partial charge on any atom is 0.233 e. The first-order valence-corrected chi connectivity index (χ1v) is 10.2. The third-order valence-electron chi connectivity index (χ3n) is 5.10. The van der Waals surface area contributed by atoms with Gasteiger partial charge in [0.1, 0.15) is 5.82 Å². The average molecular weight is 388 g/mol. The van der Waals surface area contributed by atoms with Crippen molar-refractivity contribution in [3.05, 3.63) is 29.6 Å². The molecule has 27 heavy (non-hydrogen) atoms. The molecule has 1 atom stereocenters. The summed E-state index contributed by atoms with van der Waals surface area (Å²) in [5.74, 6) is 2.91. The molecular weight excluding hydrogens is 364 g/mol. The first kappa shape index (κ1) is 18.2. The van der Waals surface area contributed by atoms with Gasteiger partial charge < -0.3 is 14.4 Å². The Morgan fingerprint density at radius 2 is 2.22 bits per heavy atom. The minimum atomic E-state index is 0.0629. The highest BCUT2D eigenvalue weighted by molar-refractivity contribution is 7.99. The van der Waals surface area contributed by atoms with E-state index in [9.17, 15) is 4.79 Å². The molecule has 1 unspecified atom stereocenters. The number of hydrogen-bond donors (Lipinski definition) is 1. The molecule has 3 heterocycles. The van der Waals surface area contributed by atoms with Crippen molar-refractivity contribution in [2.45, 2.75) is 38.3 Å². The molecular formula is C19H24N4O3S. The van der Waals surface area contributed by atoms with Crippen molar-refractivity contribution in [3.63, 3.8) is 0 Å². The molecule has 1 saturated heterocycles. The van der Waals surface area contributed by atoms with E-state index >= 15 is 0 Å². The largest absolute Gasteiger partial charge is 0.454 e. The van der Waals surface area contributed by atoms with Crippen LogP contribution < -0.4 is 9.47 Å². The number of aryl methyl sites for hydroxylation is 1. The first-order chi connectivity index (χ1) is 13.0. The van der Waals surface area contributed by atoms with Gasteiger partial charge in [0.2, 0.25) is 17.9 Å². The van der Waals surface area contributed by atoms with Gasteiger partial charge in [-0.1, -0.05) is 24.8 Å². The summed E-state index contributed by atoms with van der Waals surface area (Å²) in [6, 6.07) is 6.14. The number of nitrogens with one attached hydrogen (secondary N) is 1. The molecule has 0 aliphatic carbocycles. The van der Waals surface area contributed by atoms with Gasteiger partial charge in [-0.3, -0.25) is 9.89 Å². The maximum atomic E-state index is 12.7. The van der Waals surface area contributed by atoms with Crippen molar-refractivity contribution >= 4 is 17.7 Å². The zero-order valence-corrected chi connectivity index (χ0v) is 16.5. The number of carbonyl (C=O) groups excluding carboxylic acids is 1. The lowest BCUT2D eigenvalue weighted by Gasteiger charge is -2.40. The molecule has 0 spiro atoms. The van der Waals surface area contributed by atoms with E-state index in [-0.39, 0.29) is 11.3 Å². The standard InChI is InChI=1S/C19H24N4O3S/c1-13-20-18(22-21-13)27-10-17(24)23-7-3-6-19(2,11-23)9-14-4-5-15-16(8-14)26-12-25-15/h4-5,8H,3,6-7,9-12H2,1-2H3,(H,20,21,22). The molecule has 2 aromatic rings. The van der Waals surface area contributed by atoms with Crippen molar-refractivity contribution < 1.29 is 14.3 Å². The lowest BCUT2D eigenvalue weighted by Crippen LogP contribution is -2.46. The normalized spacial score (nSPS) is 21.5. The number of hydrogen-bond acceptors (Lipinski definition) is 6. The van der Waals surface area contributed by atoms with Gasteiger partial charge in [0.05, 0.1) is 5.75 Å². The van der Waals surface area contributed by atoms with Crippen LogP contribution in [0, 0.1) is 12.3 Å². The second kappa shape index (κ2) is 7.42.